The first-order valence-corrected chi connectivity index (χ1v) is 14.8. The molecule has 184 valence electrons. The molecular formula is C30H48NOP. The van der Waals surface area contributed by atoms with Gasteiger partial charge < -0.3 is 4.57 Å². The number of anilines is 2. The quantitative estimate of drug-likeness (QED) is 0.417. The van der Waals surface area contributed by atoms with Crippen LogP contribution < -0.4 is 4.67 Å². The summed E-state index contributed by atoms with van der Waals surface area (Å²) in [7, 11) is -2.69. The van der Waals surface area contributed by atoms with Crippen molar-refractivity contribution in [2.24, 2.45) is 0 Å². The summed E-state index contributed by atoms with van der Waals surface area (Å²) in [4.78, 5) is 0. The van der Waals surface area contributed by atoms with Crippen molar-refractivity contribution in [2.45, 2.75) is 105 Å². The summed E-state index contributed by atoms with van der Waals surface area (Å²) < 4.78 is 16.1. The molecule has 2 nitrogen and oxygen atoms in total. The van der Waals surface area contributed by atoms with Crippen LogP contribution in [-0.2, 0) is 26.2 Å². The molecule has 2 rings (SSSR count). The van der Waals surface area contributed by atoms with Gasteiger partial charge in [0, 0.05) is 13.3 Å². The molecule has 3 heteroatoms. The van der Waals surface area contributed by atoms with Gasteiger partial charge in [0.25, 0.3) is 0 Å². The van der Waals surface area contributed by atoms with Gasteiger partial charge >= 0.3 is 0 Å². The molecule has 0 amide bonds. The second-order valence-corrected chi connectivity index (χ2v) is 17.1. The number of hydrogen-bond acceptors (Lipinski definition) is 1. The van der Waals surface area contributed by atoms with E-state index in [1.54, 1.807) is 0 Å². The van der Waals surface area contributed by atoms with Gasteiger partial charge in [-0.1, -0.05) is 107 Å². The van der Waals surface area contributed by atoms with E-state index in [0.29, 0.717) is 0 Å². The van der Waals surface area contributed by atoms with Crippen LogP contribution in [0.1, 0.15) is 105 Å². The summed E-state index contributed by atoms with van der Waals surface area (Å²) in [6.45, 7) is 30.8. The van der Waals surface area contributed by atoms with Crippen LogP contribution in [0.4, 0.5) is 11.4 Å². The second kappa shape index (κ2) is 8.60. The molecule has 0 aliphatic heterocycles. The highest BCUT2D eigenvalue weighted by Crippen LogP contribution is 2.55. The number of hydrogen-bond donors (Lipinski definition) is 0. The molecule has 2 aromatic carbocycles. The third-order valence-electron chi connectivity index (χ3n) is 6.28. The van der Waals surface area contributed by atoms with Crippen molar-refractivity contribution in [1.29, 1.82) is 0 Å². The summed E-state index contributed by atoms with van der Waals surface area (Å²) in [6.07, 6.45) is 0. The zero-order chi connectivity index (χ0) is 25.8. The highest BCUT2D eigenvalue weighted by Gasteiger charge is 2.33. The highest BCUT2D eigenvalue weighted by atomic mass is 31.2. The molecule has 0 aliphatic rings. The molecule has 0 atom stereocenters. The van der Waals surface area contributed by atoms with Crippen LogP contribution in [-0.4, -0.2) is 13.3 Å². The Morgan fingerprint density at radius 3 is 1.06 bits per heavy atom. The normalized spacial score (nSPS) is 13.9. The van der Waals surface area contributed by atoms with E-state index < -0.39 is 7.29 Å². The van der Waals surface area contributed by atoms with Crippen molar-refractivity contribution in [3.05, 3.63) is 58.7 Å². The van der Waals surface area contributed by atoms with E-state index in [4.69, 9.17) is 0 Å². The van der Waals surface area contributed by atoms with Crippen LogP contribution in [0.2, 0.25) is 0 Å². The molecule has 0 saturated heterocycles. The second-order valence-electron chi connectivity index (χ2n) is 14.1. The predicted molar refractivity (Wildman–Crippen MR) is 149 cm³/mol. The van der Waals surface area contributed by atoms with Gasteiger partial charge in [-0.25, -0.2) is 0 Å². The Labute approximate surface area is 204 Å². The van der Waals surface area contributed by atoms with Gasteiger partial charge in [-0.05, 0) is 56.0 Å². The van der Waals surface area contributed by atoms with E-state index in [1.165, 1.54) is 22.3 Å². The lowest BCUT2D eigenvalue weighted by Crippen LogP contribution is -2.25. The standard InChI is InChI=1S/C30H48NOP/c1-27(2,3)21-15-17-25(23(19-21)29(7,8)9)31(33(13,14)32)26-18-16-22(28(4,5)6)20-24(26)30(10,11)12/h15-20H,1-14H3. The van der Waals surface area contributed by atoms with E-state index in [2.05, 4.69) is 124 Å². The maximum Gasteiger partial charge on any atom is 0.170 e. The van der Waals surface area contributed by atoms with Crippen LogP contribution in [0.25, 0.3) is 0 Å². The number of benzene rings is 2. The van der Waals surface area contributed by atoms with Gasteiger partial charge in [0.15, 0.2) is 7.29 Å². The molecular weight excluding hydrogens is 421 g/mol. The third-order valence-corrected chi connectivity index (χ3v) is 7.67. The Kier molecular flexibility index (Phi) is 7.22. The van der Waals surface area contributed by atoms with Gasteiger partial charge in [0.1, 0.15) is 0 Å². The Balaban J connectivity index is 2.96. The first-order chi connectivity index (χ1) is 14.5. The molecule has 33 heavy (non-hydrogen) atoms. The van der Waals surface area contributed by atoms with E-state index >= 15 is 0 Å². The molecule has 0 bridgehead atoms. The first kappa shape index (κ1) is 27.7. The Morgan fingerprint density at radius 1 is 0.545 bits per heavy atom. The number of nitrogens with zero attached hydrogens (tertiary/aromatic N) is 1. The molecule has 0 fully saturated rings. The van der Waals surface area contributed by atoms with E-state index in [9.17, 15) is 4.57 Å². The minimum atomic E-state index is -2.69. The van der Waals surface area contributed by atoms with E-state index in [1.807, 2.05) is 13.3 Å². The van der Waals surface area contributed by atoms with Crippen LogP contribution in [0.5, 0.6) is 0 Å². The predicted octanol–water partition coefficient (Wildman–Crippen LogP) is 9.55. The van der Waals surface area contributed by atoms with Gasteiger partial charge in [0.05, 0.1) is 11.4 Å². The van der Waals surface area contributed by atoms with Crippen LogP contribution >= 0.6 is 7.29 Å². The molecule has 2 aromatic rings. The fraction of sp³-hybridized carbons (Fsp3) is 0.600. The minimum absolute atomic E-state index is 0.0520. The van der Waals surface area contributed by atoms with E-state index in [-0.39, 0.29) is 21.7 Å². The summed E-state index contributed by atoms with van der Waals surface area (Å²) in [6, 6.07) is 13.5. The van der Waals surface area contributed by atoms with Crippen LogP contribution in [0.3, 0.4) is 0 Å². The van der Waals surface area contributed by atoms with Gasteiger partial charge in [-0.15, -0.1) is 0 Å². The molecule has 0 radical (unpaired) electrons. The van der Waals surface area contributed by atoms with Crippen molar-refractivity contribution >= 4 is 18.7 Å². The summed E-state index contributed by atoms with van der Waals surface area (Å²) in [5.41, 5.74) is 7.11. The summed E-state index contributed by atoms with van der Waals surface area (Å²) >= 11 is 0. The van der Waals surface area contributed by atoms with Gasteiger partial charge in [-0.3, -0.25) is 4.67 Å². The zero-order valence-electron chi connectivity index (χ0n) is 23.8. The fourth-order valence-electron chi connectivity index (χ4n) is 4.22. The zero-order valence-corrected chi connectivity index (χ0v) is 24.7. The topological polar surface area (TPSA) is 20.3 Å². The Hall–Kier alpha value is -1.53. The maximum atomic E-state index is 14.0. The van der Waals surface area contributed by atoms with Gasteiger partial charge in [0.2, 0.25) is 0 Å². The van der Waals surface area contributed by atoms with Crippen molar-refractivity contribution in [1.82, 2.24) is 0 Å². The average Bonchev–Trinajstić information content (AvgIpc) is 2.57. The first-order valence-electron chi connectivity index (χ1n) is 12.2. The Morgan fingerprint density at radius 2 is 0.848 bits per heavy atom. The molecule has 0 N–H and O–H groups in total. The Bertz CT molecular complexity index is 971. The SMILES string of the molecule is CC(C)(C)c1ccc(N(c2ccc(C(C)(C)C)cc2C(C)(C)C)P(C)(C)=O)c(C(C)(C)C)c1. The van der Waals surface area contributed by atoms with E-state index in [0.717, 1.165) is 11.4 Å². The average molecular weight is 470 g/mol. The summed E-state index contributed by atoms with van der Waals surface area (Å²) in [5.74, 6) is 0. The smallest absolute Gasteiger partial charge is 0.170 e. The molecule has 0 spiro atoms. The van der Waals surface area contributed by atoms with Crippen LogP contribution in [0, 0.1) is 0 Å². The monoisotopic (exact) mass is 469 g/mol. The number of rotatable bonds is 3. The highest BCUT2D eigenvalue weighted by molar-refractivity contribution is 7.64. The molecule has 0 unspecified atom stereocenters. The lowest BCUT2D eigenvalue weighted by atomic mass is 9.79. The molecule has 0 aliphatic carbocycles. The fourth-order valence-corrected chi connectivity index (χ4v) is 5.61. The molecule has 0 heterocycles. The molecule has 0 aromatic heterocycles. The lowest BCUT2D eigenvalue weighted by Gasteiger charge is -2.38. The van der Waals surface area contributed by atoms with Crippen LogP contribution in [0.15, 0.2) is 36.4 Å². The van der Waals surface area contributed by atoms with Crippen molar-refractivity contribution in [2.75, 3.05) is 18.0 Å². The third kappa shape index (κ3) is 6.33. The van der Waals surface area contributed by atoms with Gasteiger partial charge in [-0.2, -0.15) is 0 Å². The van der Waals surface area contributed by atoms with Crippen molar-refractivity contribution < 1.29 is 4.57 Å². The summed E-state index contributed by atoms with van der Waals surface area (Å²) in [5, 5.41) is 0. The lowest BCUT2D eigenvalue weighted by molar-refractivity contribution is 0.565. The minimum Gasteiger partial charge on any atom is -0.300 e. The molecule has 0 saturated carbocycles. The van der Waals surface area contributed by atoms with Crippen molar-refractivity contribution in [3.8, 4) is 0 Å². The maximum absolute atomic E-state index is 14.0. The largest absolute Gasteiger partial charge is 0.300 e. The van der Waals surface area contributed by atoms with Crippen molar-refractivity contribution in [3.63, 3.8) is 0 Å².